The van der Waals surface area contributed by atoms with Gasteiger partial charge in [-0.05, 0) is 49.7 Å². The zero-order valence-corrected chi connectivity index (χ0v) is 27.1. The maximum atomic E-state index is 13.7. The molecule has 3 aromatic carbocycles. The molecular formula is C35H31N3O4S3. The summed E-state index contributed by atoms with van der Waals surface area (Å²) in [7, 11) is 0. The number of thiophene rings is 1. The molecule has 0 saturated heterocycles. The zero-order valence-electron chi connectivity index (χ0n) is 24.7. The number of carbonyl (C=O) groups excluding carboxylic acids is 3. The van der Waals surface area contributed by atoms with Crippen molar-refractivity contribution in [1.82, 2.24) is 0 Å². The highest BCUT2D eigenvalue weighted by atomic mass is 32.2. The number of thioether (sulfide) groups is 2. The number of nitrogens with one attached hydrogen (secondary N) is 2. The molecule has 10 heteroatoms. The molecule has 7 nitrogen and oxygen atoms in total. The summed E-state index contributed by atoms with van der Waals surface area (Å²) in [5.74, 6) is -0.598. The average molecular weight is 654 g/mol. The Kier molecular flexibility index (Phi) is 9.44. The molecule has 2 N–H and O–H groups in total. The Labute approximate surface area is 274 Å². The van der Waals surface area contributed by atoms with E-state index in [1.165, 1.54) is 23.1 Å². The van der Waals surface area contributed by atoms with Crippen LogP contribution >= 0.6 is 34.9 Å². The Balaban J connectivity index is 1.13. The van der Waals surface area contributed by atoms with Crippen LogP contribution in [-0.4, -0.2) is 41.6 Å². The monoisotopic (exact) mass is 653 g/mol. The predicted molar refractivity (Wildman–Crippen MR) is 186 cm³/mol. The first-order chi connectivity index (χ1) is 21.9. The van der Waals surface area contributed by atoms with Gasteiger partial charge in [-0.25, -0.2) is 9.59 Å². The van der Waals surface area contributed by atoms with E-state index in [9.17, 15) is 14.4 Å². The second kappa shape index (κ2) is 13.8. The van der Waals surface area contributed by atoms with E-state index >= 15 is 0 Å². The summed E-state index contributed by atoms with van der Waals surface area (Å²) in [5.41, 5.74) is 4.60. The van der Waals surface area contributed by atoms with E-state index < -0.39 is 5.97 Å². The molecule has 0 bridgehead atoms. The van der Waals surface area contributed by atoms with Crippen molar-refractivity contribution in [3.8, 4) is 11.1 Å². The number of hydrogen-bond acceptors (Lipinski definition) is 7. The van der Waals surface area contributed by atoms with Crippen molar-refractivity contribution in [2.45, 2.75) is 34.9 Å². The Bertz CT molecular complexity index is 1800. The van der Waals surface area contributed by atoms with Crippen LogP contribution in [0.5, 0.6) is 0 Å². The van der Waals surface area contributed by atoms with Gasteiger partial charge in [0.05, 0.1) is 29.3 Å². The number of nitrogens with zero attached hydrogens (tertiary/aromatic N) is 1. The quantitative estimate of drug-likeness (QED) is 0.146. The van der Waals surface area contributed by atoms with Crippen LogP contribution in [0, 0.1) is 6.92 Å². The summed E-state index contributed by atoms with van der Waals surface area (Å²) in [6.07, 6.45) is 8.19. The maximum Gasteiger partial charge on any atom is 0.341 e. The molecule has 2 aliphatic rings. The van der Waals surface area contributed by atoms with E-state index in [0.29, 0.717) is 16.3 Å². The molecule has 2 unspecified atom stereocenters. The standard InChI is InChI=1S/C35H31N3O4S3/c1-3-42-34(40)32-26(23-17-15-22(2)16-18-23)20-44-33(32)37-31(39)21-43-25-10-8-9-24(19-25)36-35(41)38-27-11-4-6-13-29(27)45-30-14-7-5-12-28(30)38/h4-20,27,29H,3,21H2,1-2H3,(H,36,41)(H,37,39). The van der Waals surface area contributed by atoms with E-state index in [1.807, 2.05) is 102 Å². The molecule has 0 radical (unpaired) electrons. The van der Waals surface area contributed by atoms with E-state index in [-0.39, 0.29) is 35.6 Å². The van der Waals surface area contributed by atoms with Crippen LogP contribution in [0.15, 0.2) is 112 Å². The van der Waals surface area contributed by atoms with Gasteiger partial charge in [0.2, 0.25) is 5.91 Å². The number of aryl methyl sites for hydroxylation is 1. The van der Waals surface area contributed by atoms with Crippen LogP contribution in [0.1, 0.15) is 22.8 Å². The normalized spacial score (nSPS) is 16.4. The van der Waals surface area contributed by atoms with Crippen molar-refractivity contribution in [1.29, 1.82) is 0 Å². The van der Waals surface area contributed by atoms with Gasteiger partial charge in [0.15, 0.2) is 0 Å². The number of anilines is 3. The molecule has 45 heavy (non-hydrogen) atoms. The highest BCUT2D eigenvalue weighted by Crippen LogP contribution is 2.44. The van der Waals surface area contributed by atoms with Gasteiger partial charge in [-0.2, -0.15) is 0 Å². The molecule has 2 heterocycles. The predicted octanol–water partition coefficient (Wildman–Crippen LogP) is 8.64. The highest BCUT2D eigenvalue weighted by Gasteiger charge is 2.36. The molecule has 4 aromatic rings. The molecular weight excluding hydrogens is 623 g/mol. The van der Waals surface area contributed by atoms with Crippen LogP contribution in [0.3, 0.4) is 0 Å². The Morgan fingerprint density at radius 1 is 0.956 bits per heavy atom. The molecule has 3 amide bonds. The Hall–Kier alpha value is -4.25. The smallest absolute Gasteiger partial charge is 0.341 e. The van der Waals surface area contributed by atoms with Gasteiger partial charge in [-0.1, -0.05) is 72.3 Å². The van der Waals surface area contributed by atoms with Crippen molar-refractivity contribution >= 4 is 69.1 Å². The molecule has 1 aliphatic carbocycles. The van der Waals surface area contributed by atoms with Crippen molar-refractivity contribution in [2.75, 3.05) is 27.9 Å². The number of ether oxygens (including phenoxy) is 1. The summed E-state index contributed by atoms with van der Waals surface area (Å²) in [6, 6.07) is 23.0. The van der Waals surface area contributed by atoms with Gasteiger partial charge in [0, 0.05) is 26.4 Å². The van der Waals surface area contributed by atoms with E-state index in [0.717, 1.165) is 32.2 Å². The van der Waals surface area contributed by atoms with Crippen molar-refractivity contribution in [3.05, 3.63) is 114 Å². The number of benzene rings is 3. The third-order valence-corrected chi connectivity index (χ3v) is 10.5. The van der Waals surface area contributed by atoms with Gasteiger partial charge in [-0.15, -0.1) is 34.9 Å². The van der Waals surface area contributed by atoms with E-state index in [2.05, 4.69) is 22.8 Å². The largest absolute Gasteiger partial charge is 0.462 e. The number of para-hydroxylation sites is 1. The van der Waals surface area contributed by atoms with Crippen LogP contribution in [0.2, 0.25) is 0 Å². The minimum Gasteiger partial charge on any atom is -0.462 e. The fraction of sp³-hybridized carbons (Fsp3) is 0.171. The SMILES string of the molecule is CCOC(=O)c1c(-c2ccc(C)cc2)csc1NC(=O)CSc1cccc(NC(=O)N2c3ccccc3SC3C=CC=CC32)c1. The molecule has 228 valence electrons. The van der Waals surface area contributed by atoms with Crippen molar-refractivity contribution < 1.29 is 19.1 Å². The van der Waals surface area contributed by atoms with E-state index in [1.54, 1.807) is 18.7 Å². The summed E-state index contributed by atoms with van der Waals surface area (Å²) in [5, 5.41) is 8.44. The fourth-order valence-corrected chi connectivity index (χ4v) is 8.17. The van der Waals surface area contributed by atoms with E-state index in [4.69, 9.17) is 4.74 Å². The summed E-state index contributed by atoms with van der Waals surface area (Å²) in [4.78, 5) is 43.3. The summed E-state index contributed by atoms with van der Waals surface area (Å²) < 4.78 is 5.33. The van der Waals surface area contributed by atoms with Gasteiger partial charge in [0.25, 0.3) is 0 Å². The second-order valence-corrected chi connectivity index (χ2v) is 13.6. The number of esters is 1. The topological polar surface area (TPSA) is 87.7 Å². The number of fused-ring (bicyclic) bond motifs is 2. The first-order valence-electron chi connectivity index (χ1n) is 14.5. The number of hydrogen-bond donors (Lipinski definition) is 2. The third kappa shape index (κ3) is 6.88. The average Bonchev–Trinajstić information content (AvgIpc) is 3.46. The number of rotatable bonds is 8. The zero-order chi connectivity index (χ0) is 31.3. The van der Waals surface area contributed by atoms with Gasteiger partial charge in [0.1, 0.15) is 10.6 Å². The van der Waals surface area contributed by atoms with Crippen molar-refractivity contribution in [3.63, 3.8) is 0 Å². The van der Waals surface area contributed by atoms with Crippen LogP contribution in [0.4, 0.5) is 21.2 Å². The lowest BCUT2D eigenvalue weighted by Crippen LogP contribution is -2.49. The lowest BCUT2D eigenvalue weighted by Gasteiger charge is -2.40. The number of carbonyl (C=O) groups is 3. The number of allylic oxidation sites excluding steroid dienone is 2. The Morgan fingerprint density at radius 3 is 2.58 bits per heavy atom. The van der Waals surface area contributed by atoms with Crippen molar-refractivity contribution in [2.24, 2.45) is 0 Å². The third-order valence-electron chi connectivity index (χ3n) is 7.30. The van der Waals surface area contributed by atoms with Crippen LogP contribution in [-0.2, 0) is 9.53 Å². The Morgan fingerprint density at radius 2 is 1.76 bits per heavy atom. The molecule has 0 saturated carbocycles. The fourth-order valence-electron chi connectivity index (χ4n) is 5.19. The number of amides is 3. The lowest BCUT2D eigenvalue weighted by molar-refractivity contribution is -0.113. The maximum absolute atomic E-state index is 13.7. The minimum atomic E-state index is -0.471. The minimum absolute atomic E-state index is 0.0978. The highest BCUT2D eigenvalue weighted by molar-refractivity contribution is 8.00. The summed E-state index contributed by atoms with van der Waals surface area (Å²) in [6.45, 7) is 3.99. The molecule has 0 spiro atoms. The first kappa shape index (κ1) is 30.8. The van der Waals surface area contributed by atoms with Crippen LogP contribution < -0.4 is 15.5 Å². The molecule has 1 aliphatic heterocycles. The van der Waals surface area contributed by atoms with Gasteiger partial charge in [-0.3, -0.25) is 9.69 Å². The molecule has 6 rings (SSSR count). The number of urea groups is 1. The molecule has 1 aromatic heterocycles. The first-order valence-corrected chi connectivity index (χ1v) is 17.2. The van der Waals surface area contributed by atoms with Crippen LogP contribution in [0.25, 0.3) is 11.1 Å². The summed E-state index contributed by atoms with van der Waals surface area (Å²) >= 11 is 4.41. The van der Waals surface area contributed by atoms with Gasteiger partial charge >= 0.3 is 12.0 Å². The molecule has 0 fully saturated rings. The second-order valence-electron chi connectivity index (χ2n) is 10.4. The molecule has 2 atom stereocenters. The lowest BCUT2D eigenvalue weighted by atomic mass is 10.0. The van der Waals surface area contributed by atoms with Gasteiger partial charge < -0.3 is 15.4 Å².